The Hall–Kier alpha value is -1.24. The van der Waals surface area contributed by atoms with Crippen molar-refractivity contribution in [2.75, 3.05) is 40.5 Å². The number of carbonyl (C=O) groups excluding carboxylic acids is 1. The zero-order valence-corrected chi connectivity index (χ0v) is 24.7. The lowest BCUT2D eigenvalue weighted by Crippen LogP contribution is -3.06. The van der Waals surface area contributed by atoms with Crippen LogP contribution in [0.25, 0.3) is 0 Å². The Labute approximate surface area is 227 Å². The minimum Gasteiger partial charge on any atom is -0.490 e. The van der Waals surface area contributed by atoms with Gasteiger partial charge in [-0.25, -0.2) is 0 Å². The molecule has 0 aliphatic carbocycles. The number of aryl methyl sites for hydroxylation is 1. The Morgan fingerprint density at radius 2 is 1.43 bits per heavy atom. The number of hydrogen-bond donors (Lipinski definition) is 2. The predicted octanol–water partition coefficient (Wildman–Crippen LogP) is 5.64. The van der Waals surface area contributed by atoms with Gasteiger partial charge in [0.15, 0.2) is 6.10 Å². The third-order valence-corrected chi connectivity index (χ3v) is 6.96. The number of ether oxygens (including phenoxy) is 2. The summed E-state index contributed by atoms with van der Waals surface area (Å²) in [5, 5.41) is 0. The number of unbranched alkanes of at least 4 members (excludes halogenated alkanes) is 11. The van der Waals surface area contributed by atoms with Crippen molar-refractivity contribution in [3.8, 4) is 5.75 Å². The van der Waals surface area contributed by atoms with Crippen LogP contribution in [0.3, 0.4) is 0 Å². The molecular formula is C29H53NO6P+. The molecule has 7 nitrogen and oxygen atoms in total. The summed E-state index contributed by atoms with van der Waals surface area (Å²) in [4.78, 5) is 22.5. The Morgan fingerprint density at radius 1 is 0.865 bits per heavy atom. The van der Waals surface area contributed by atoms with Crippen LogP contribution >= 0.6 is 8.60 Å². The highest BCUT2D eigenvalue weighted by Crippen LogP contribution is 2.32. The molecule has 2 unspecified atom stereocenters. The Kier molecular flexibility index (Phi) is 20.7. The van der Waals surface area contributed by atoms with Crippen molar-refractivity contribution in [3.05, 3.63) is 29.8 Å². The van der Waals surface area contributed by atoms with Crippen molar-refractivity contribution < 1.29 is 33.1 Å². The highest BCUT2D eigenvalue weighted by molar-refractivity contribution is 7.40. The van der Waals surface area contributed by atoms with E-state index >= 15 is 0 Å². The molecule has 0 radical (unpaired) electrons. The molecule has 1 aromatic rings. The molecule has 0 aliphatic rings. The molecule has 2 N–H and O–H groups in total. The molecule has 0 amide bonds. The molecule has 0 bridgehead atoms. The Bertz CT molecular complexity index is 673. The smallest absolute Gasteiger partial charge is 0.330 e. The normalized spacial score (nSPS) is 13.0. The van der Waals surface area contributed by atoms with E-state index in [1.807, 2.05) is 26.2 Å². The fourth-order valence-corrected chi connectivity index (χ4v) is 4.59. The van der Waals surface area contributed by atoms with E-state index in [4.69, 9.17) is 18.5 Å². The summed E-state index contributed by atoms with van der Waals surface area (Å²) in [6, 6.07) is 8.10. The number of rotatable bonds is 24. The molecule has 0 saturated heterocycles. The largest absolute Gasteiger partial charge is 0.490 e. The highest BCUT2D eigenvalue weighted by atomic mass is 31.2. The van der Waals surface area contributed by atoms with Gasteiger partial charge in [0.2, 0.25) is 0 Å². The van der Waals surface area contributed by atoms with Crippen molar-refractivity contribution in [2.45, 2.75) is 103 Å². The van der Waals surface area contributed by atoms with Crippen LogP contribution in [0.5, 0.6) is 5.75 Å². The lowest BCUT2D eigenvalue weighted by molar-refractivity contribution is -0.858. The van der Waals surface area contributed by atoms with E-state index in [0.717, 1.165) is 13.0 Å². The number of carbonyl (C=O) groups is 1. The second-order valence-electron chi connectivity index (χ2n) is 10.1. The van der Waals surface area contributed by atoms with Crippen LogP contribution in [0.15, 0.2) is 24.3 Å². The number of quaternary nitrogens is 1. The standard InChI is InChI=1S/C29H52NO6P/c1-5-6-7-8-9-10-11-12-13-14-15-16-17-27-18-20-28(21-19-27)33-24-29(36-26(2)31)25-35-37(32)34-23-22-30(3)4/h18-21,29,32H,5-17,22-25H2,1-4H3/p+1. The Morgan fingerprint density at radius 3 is 1.97 bits per heavy atom. The van der Waals surface area contributed by atoms with Crippen LogP contribution in [-0.2, 0) is 25.0 Å². The quantitative estimate of drug-likeness (QED) is 0.100. The van der Waals surface area contributed by atoms with Crippen LogP contribution in [0, 0.1) is 0 Å². The van der Waals surface area contributed by atoms with Gasteiger partial charge >= 0.3 is 14.6 Å². The van der Waals surface area contributed by atoms with Crippen molar-refractivity contribution in [1.29, 1.82) is 0 Å². The molecule has 8 heteroatoms. The van der Waals surface area contributed by atoms with Gasteiger partial charge in [-0.3, -0.25) is 4.79 Å². The van der Waals surface area contributed by atoms with Crippen molar-refractivity contribution in [2.24, 2.45) is 0 Å². The van der Waals surface area contributed by atoms with Gasteiger partial charge in [0.25, 0.3) is 0 Å². The lowest BCUT2D eigenvalue weighted by atomic mass is 10.0. The van der Waals surface area contributed by atoms with E-state index in [1.54, 1.807) is 0 Å². The van der Waals surface area contributed by atoms with Crippen LogP contribution in [0.4, 0.5) is 0 Å². The SMILES string of the molecule is CCCCCCCCCCCCCCc1ccc(OCC(COP(O)OCC[NH+](C)C)OC(C)=O)cc1. The monoisotopic (exact) mass is 542 g/mol. The molecule has 0 heterocycles. The van der Waals surface area contributed by atoms with Crippen molar-refractivity contribution in [1.82, 2.24) is 0 Å². The molecule has 1 aromatic carbocycles. The second kappa shape index (κ2) is 22.7. The average Bonchev–Trinajstić information content (AvgIpc) is 2.86. The molecule has 0 saturated carbocycles. The third kappa shape index (κ3) is 20.4. The molecule has 0 aliphatic heterocycles. The zero-order chi connectivity index (χ0) is 27.1. The van der Waals surface area contributed by atoms with Crippen LogP contribution in [0.2, 0.25) is 0 Å². The molecule has 2 atom stereocenters. The minimum atomic E-state index is -2.01. The number of nitrogens with one attached hydrogen (secondary N) is 1. The molecule has 0 fully saturated rings. The topological polar surface area (TPSA) is 78.7 Å². The fraction of sp³-hybridized carbons (Fsp3) is 0.759. The first kappa shape index (κ1) is 33.8. The van der Waals surface area contributed by atoms with Crippen molar-refractivity contribution >= 4 is 14.6 Å². The van der Waals surface area contributed by atoms with E-state index in [2.05, 4.69) is 19.1 Å². The average molecular weight is 543 g/mol. The van der Waals surface area contributed by atoms with Gasteiger partial charge in [-0.2, -0.15) is 0 Å². The van der Waals surface area contributed by atoms with E-state index in [0.29, 0.717) is 12.4 Å². The minimum absolute atomic E-state index is 0.00759. The lowest BCUT2D eigenvalue weighted by Gasteiger charge is -2.19. The molecule has 37 heavy (non-hydrogen) atoms. The molecule has 1 rings (SSSR count). The van der Waals surface area contributed by atoms with Gasteiger partial charge in [0.05, 0.1) is 20.7 Å². The number of hydrogen-bond acceptors (Lipinski definition) is 6. The fourth-order valence-electron chi connectivity index (χ4n) is 3.97. The summed E-state index contributed by atoms with van der Waals surface area (Å²) in [7, 11) is 1.99. The molecule has 0 spiro atoms. The van der Waals surface area contributed by atoms with Crippen LogP contribution in [-0.4, -0.2) is 57.4 Å². The van der Waals surface area contributed by atoms with Gasteiger partial charge in [0.1, 0.15) is 25.5 Å². The van der Waals surface area contributed by atoms with Gasteiger partial charge in [0, 0.05) is 6.92 Å². The van der Waals surface area contributed by atoms with E-state index < -0.39 is 20.7 Å². The third-order valence-electron chi connectivity index (χ3n) is 6.19. The summed E-state index contributed by atoms with van der Waals surface area (Å²) >= 11 is 0. The zero-order valence-electron chi connectivity index (χ0n) is 23.8. The highest BCUT2D eigenvalue weighted by Gasteiger charge is 2.18. The van der Waals surface area contributed by atoms with Gasteiger partial charge < -0.3 is 28.3 Å². The second-order valence-corrected chi connectivity index (χ2v) is 11.1. The number of benzene rings is 1. The van der Waals surface area contributed by atoms with Gasteiger partial charge in [-0.05, 0) is 30.5 Å². The predicted molar refractivity (Wildman–Crippen MR) is 151 cm³/mol. The first-order valence-electron chi connectivity index (χ1n) is 14.3. The van der Waals surface area contributed by atoms with Gasteiger partial charge in [-0.15, -0.1) is 0 Å². The molecule has 214 valence electrons. The van der Waals surface area contributed by atoms with E-state index in [-0.39, 0.29) is 13.2 Å². The van der Waals surface area contributed by atoms with E-state index in [1.165, 1.54) is 94.4 Å². The summed E-state index contributed by atoms with van der Waals surface area (Å²) in [5.41, 5.74) is 1.31. The molecule has 0 aromatic heterocycles. The van der Waals surface area contributed by atoms with E-state index in [9.17, 15) is 9.69 Å². The Balaban J connectivity index is 2.19. The number of esters is 1. The van der Waals surface area contributed by atoms with Crippen LogP contribution in [0.1, 0.15) is 96.5 Å². The first-order chi connectivity index (χ1) is 17.9. The summed E-state index contributed by atoms with van der Waals surface area (Å²) in [6.07, 6.45) is 16.8. The maximum absolute atomic E-state index is 11.4. The summed E-state index contributed by atoms with van der Waals surface area (Å²) < 4.78 is 21.7. The first-order valence-corrected chi connectivity index (χ1v) is 15.5. The maximum Gasteiger partial charge on any atom is 0.330 e. The number of likely N-dealkylation sites (N-methyl/N-ethyl adjacent to an activating group) is 1. The van der Waals surface area contributed by atoms with Gasteiger partial charge in [-0.1, -0.05) is 89.7 Å². The maximum atomic E-state index is 11.4. The van der Waals surface area contributed by atoms with Crippen molar-refractivity contribution in [3.63, 3.8) is 0 Å². The molecular weight excluding hydrogens is 489 g/mol. The summed E-state index contributed by atoms with van der Waals surface area (Å²) in [5.74, 6) is 0.293. The van der Waals surface area contributed by atoms with Crippen LogP contribution < -0.4 is 9.64 Å². The summed E-state index contributed by atoms with van der Waals surface area (Å²) in [6.45, 7) is 4.91.